The summed E-state index contributed by atoms with van der Waals surface area (Å²) in [6.45, 7) is 8.28. The lowest BCUT2D eigenvalue weighted by molar-refractivity contribution is 0.664. The van der Waals surface area contributed by atoms with Crippen molar-refractivity contribution >= 4 is 11.6 Å². The van der Waals surface area contributed by atoms with E-state index in [1.165, 1.54) is 56.9 Å². The van der Waals surface area contributed by atoms with Gasteiger partial charge in [-0.2, -0.15) is 0 Å². The predicted octanol–water partition coefficient (Wildman–Crippen LogP) is 7.55. The maximum Gasteiger partial charge on any atom is 0.0183 e. The molecular weight excluding hydrogens is 264 g/mol. The molecule has 116 valence electrons. The molecule has 0 nitrogen and oxygen atoms in total. The van der Waals surface area contributed by atoms with Crippen molar-refractivity contribution in [2.24, 2.45) is 0 Å². The highest BCUT2D eigenvalue weighted by Crippen LogP contribution is 2.20. The summed E-state index contributed by atoms with van der Waals surface area (Å²) in [5.74, 6) is 0. The highest BCUT2D eigenvalue weighted by Gasteiger charge is 1.98. The van der Waals surface area contributed by atoms with Gasteiger partial charge < -0.3 is 0 Å². The quantitative estimate of drug-likeness (QED) is 0.187. The molecule has 0 aliphatic rings. The van der Waals surface area contributed by atoms with Gasteiger partial charge in [-0.3, -0.25) is 0 Å². The van der Waals surface area contributed by atoms with Crippen molar-refractivity contribution in [3.63, 3.8) is 0 Å². The molecule has 0 aliphatic carbocycles. The number of hydrogen-bond acceptors (Lipinski definition) is 0. The highest BCUT2D eigenvalue weighted by atomic mass is 35.5. The van der Waals surface area contributed by atoms with Crippen LogP contribution in [0.2, 0.25) is 0 Å². The van der Waals surface area contributed by atoms with Crippen molar-refractivity contribution < 1.29 is 0 Å². The van der Waals surface area contributed by atoms with Crippen molar-refractivity contribution in [3.05, 3.63) is 35.4 Å². The minimum atomic E-state index is 0.944. The molecule has 1 heteroatoms. The average molecular weight is 297 g/mol. The Hall–Kier alpha value is -0.490. The first-order chi connectivity index (χ1) is 9.74. The third-order valence-electron chi connectivity index (χ3n) is 3.48. The van der Waals surface area contributed by atoms with E-state index in [4.69, 9.17) is 11.6 Å². The van der Waals surface area contributed by atoms with E-state index in [9.17, 15) is 0 Å². The van der Waals surface area contributed by atoms with E-state index in [-0.39, 0.29) is 0 Å². The molecule has 0 aromatic heterocycles. The molecule has 0 atom stereocenters. The van der Waals surface area contributed by atoms with E-state index in [0.29, 0.717) is 0 Å². The molecular formula is C19H33Cl. The topological polar surface area (TPSA) is 0 Å². The zero-order chi connectivity index (χ0) is 15.1. The molecule has 0 saturated carbocycles. The van der Waals surface area contributed by atoms with Gasteiger partial charge in [0.15, 0.2) is 0 Å². The summed E-state index contributed by atoms with van der Waals surface area (Å²) < 4.78 is 0. The highest BCUT2D eigenvalue weighted by molar-refractivity contribution is 6.29. The second-order valence-corrected chi connectivity index (χ2v) is 6.00. The molecule has 0 aromatic rings. The van der Waals surface area contributed by atoms with Gasteiger partial charge in [-0.15, -0.1) is 6.58 Å². The largest absolute Gasteiger partial charge is 0.103 e. The first-order valence-corrected chi connectivity index (χ1v) is 8.78. The number of allylic oxidation sites excluding steroid dienone is 5. The first kappa shape index (κ1) is 19.5. The van der Waals surface area contributed by atoms with Crippen molar-refractivity contribution in [1.82, 2.24) is 0 Å². The third kappa shape index (κ3) is 12.5. The van der Waals surface area contributed by atoms with Crippen LogP contribution in [0.5, 0.6) is 0 Å². The van der Waals surface area contributed by atoms with Gasteiger partial charge in [0.2, 0.25) is 0 Å². The van der Waals surface area contributed by atoms with Gasteiger partial charge >= 0.3 is 0 Å². The van der Waals surface area contributed by atoms with Crippen LogP contribution >= 0.6 is 11.6 Å². The van der Waals surface area contributed by atoms with E-state index in [2.05, 4.69) is 32.6 Å². The SMILES string of the molecule is C=CC/C=C(/C=C(/Cl)CCCCCC)CCCCCC. The molecule has 0 N–H and O–H groups in total. The van der Waals surface area contributed by atoms with E-state index in [1.807, 2.05) is 6.08 Å². The maximum atomic E-state index is 6.37. The molecule has 0 bridgehead atoms. The number of halogens is 1. The van der Waals surface area contributed by atoms with Crippen LogP contribution in [0.1, 0.15) is 84.5 Å². The Morgan fingerprint density at radius 3 is 2.05 bits per heavy atom. The van der Waals surface area contributed by atoms with Crippen LogP contribution in [0.15, 0.2) is 35.4 Å². The minimum Gasteiger partial charge on any atom is -0.103 e. The van der Waals surface area contributed by atoms with Gasteiger partial charge in [0.25, 0.3) is 0 Å². The van der Waals surface area contributed by atoms with Gasteiger partial charge in [0, 0.05) is 5.03 Å². The van der Waals surface area contributed by atoms with E-state index in [1.54, 1.807) is 0 Å². The Bertz CT molecular complexity index is 286. The Labute approximate surface area is 132 Å². The summed E-state index contributed by atoms with van der Waals surface area (Å²) in [7, 11) is 0. The molecule has 0 saturated heterocycles. The average Bonchev–Trinajstić information content (AvgIpc) is 2.45. The van der Waals surface area contributed by atoms with E-state index in [0.717, 1.165) is 24.3 Å². The molecule has 0 aromatic carbocycles. The van der Waals surface area contributed by atoms with Crippen molar-refractivity contribution in [1.29, 1.82) is 0 Å². The third-order valence-corrected chi connectivity index (χ3v) is 3.77. The fourth-order valence-electron chi connectivity index (χ4n) is 2.22. The summed E-state index contributed by atoms with van der Waals surface area (Å²) in [6.07, 6.45) is 19.9. The van der Waals surface area contributed by atoms with Crippen molar-refractivity contribution in [2.75, 3.05) is 0 Å². The van der Waals surface area contributed by atoms with E-state index < -0.39 is 0 Å². The van der Waals surface area contributed by atoms with Crippen molar-refractivity contribution in [3.8, 4) is 0 Å². The summed E-state index contributed by atoms with van der Waals surface area (Å²) in [4.78, 5) is 0. The fourth-order valence-corrected chi connectivity index (χ4v) is 2.49. The minimum absolute atomic E-state index is 0.944. The van der Waals surface area contributed by atoms with Gasteiger partial charge in [0.1, 0.15) is 0 Å². The molecule has 0 heterocycles. The van der Waals surface area contributed by atoms with Gasteiger partial charge in [-0.25, -0.2) is 0 Å². The Morgan fingerprint density at radius 1 is 0.900 bits per heavy atom. The van der Waals surface area contributed by atoms with Crippen LogP contribution in [0.4, 0.5) is 0 Å². The second kappa shape index (κ2) is 14.9. The standard InChI is InChI=1S/C19H33Cl/c1-4-7-10-12-15-18(14-9-6-3)17-19(20)16-13-11-8-5-2/h6,14,17H,3-5,7-13,15-16H2,1-2H3/b18-14+,19-17+. The van der Waals surface area contributed by atoms with Gasteiger partial charge in [-0.05, 0) is 38.2 Å². The maximum absolute atomic E-state index is 6.37. The molecule has 0 rings (SSSR count). The van der Waals surface area contributed by atoms with Crippen LogP contribution in [0, 0.1) is 0 Å². The number of unbranched alkanes of at least 4 members (excludes halogenated alkanes) is 6. The predicted molar refractivity (Wildman–Crippen MR) is 94.4 cm³/mol. The van der Waals surface area contributed by atoms with Crippen LogP contribution in [0.3, 0.4) is 0 Å². The van der Waals surface area contributed by atoms with Crippen LogP contribution in [0.25, 0.3) is 0 Å². The summed E-state index contributed by atoms with van der Waals surface area (Å²) in [5.41, 5.74) is 1.39. The van der Waals surface area contributed by atoms with Crippen LogP contribution < -0.4 is 0 Å². The van der Waals surface area contributed by atoms with Crippen LogP contribution in [-0.2, 0) is 0 Å². The first-order valence-electron chi connectivity index (χ1n) is 8.40. The van der Waals surface area contributed by atoms with Crippen molar-refractivity contribution in [2.45, 2.75) is 84.5 Å². The lowest BCUT2D eigenvalue weighted by Crippen LogP contribution is -1.85. The molecule has 0 fully saturated rings. The normalized spacial score (nSPS) is 12.8. The zero-order valence-electron chi connectivity index (χ0n) is 13.6. The summed E-state index contributed by atoms with van der Waals surface area (Å²) in [5, 5.41) is 1.02. The Kier molecular flexibility index (Phi) is 14.5. The molecule has 20 heavy (non-hydrogen) atoms. The molecule has 0 aliphatic heterocycles. The molecule has 0 amide bonds. The fraction of sp³-hybridized carbons (Fsp3) is 0.684. The molecule has 0 unspecified atom stereocenters. The monoisotopic (exact) mass is 296 g/mol. The van der Waals surface area contributed by atoms with Gasteiger partial charge in [0.05, 0.1) is 0 Å². The summed E-state index contributed by atoms with van der Waals surface area (Å²) in [6, 6.07) is 0. The Balaban J connectivity index is 4.20. The smallest absolute Gasteiger partial charge is 0.0183 e. The lowest BCUT2D eigenvalue weighted by Gasteiger charge is -2.05. The number of hydrogen-bond donors (Lipinski definition) is 0. The Morgan fingerprint density at radius 2 is 1.50 bits per heavy atom. The van der Waals surface area contributed by atoms with Crippen LogP contribution in [-0.4, -0.2) is 0 Å². The molecule has 0 spiro atoms. The molecule has 0 radical (unpaired) electrons. The number of rotatable bonds is 13. The summed E-state index contributed by atoms with van der Waals surface area (Å²) >= 11 is 6.37. The van der Waals surface area contributed by atoms with Gasteiger partial charge in [-0.1, -0.05) is 81.7 Å². The zero-order valence-corrected chi connectivity index (χ0v) is 14.4. The second-order valence-electron chi connectivity index (χ2n) is 5.52. The lowest BCUT2D eigenvalue weighted by atomic mass is 10.0. The van der Waals surface area contributed by atoms with E-state index >= 15 is 0 Å².